The number of amides is 2. The Labute approximate surface area is 143 Å². The summed E-state index contributed by atoms with van der Waals surface area (Å²) in [5.41, 5.74) is 0.895. The molecule has 0 radical (unpaired) electrons. The van der Waals surface area contributed by atoms with Gasteiger partial charge in [0, 0.05) is 28.1 Å². The second-order valence-corrected chi connectivity index (χ2v) is 5.62. The van der Waals surface area contributed by atoms with Gasteiger partial charge >= 0.3 is 0 Å². The predicted octanol–water partition coefficient (Wildman–Crippen LogP) is 0.239. The van der Waals surface area contributed by atoms with Crippen molar-refractivity contribution >= 4 is 28.9 Å². The summed E-state index contributed by atoms with van der Waals surface area (Å²) in [6.07, 6.45) is 0. The smallest absolute Gasteiger partial charge is 0.257 e. The lowest BCUT2D eigenvalue weighted by Crippen LogP contribution is -2.41. The third-order valence-corrected chi connectivity index (χ3v) is 3.59. The molecule has 2 aromatic carbocycles. The third-order valence-electron chi connectivity index (χ3n) is 3.59. The van der Waals surface area contributed by atoms with Crippen molar-refractivity contribution in [2.45, 2.75) is 6.92 Å². The molecule has 132 valence electrons. The van der Waals surface area contributed by atoms with Gasteiger partial charge in [-0.1, -0.05) is 6.07 Å². The SMILES string of the molecule is CC(=O)N(C)Nc1c(Nc2cccc(C(=O)N(C)C)c2O)c(=O)c1=O. The van der Waals surface area contributed by atoms with Crippen molar-refractivity contribution in [2.75, 3.05) is 31.9 Å². The molecule has 25 heavy (non-hydrogen) atoms. The van der Waals surface area contributed by atoms with Crippen LogP contribution in [0.15, 0.2) is 27.8 Å². The molecule has 0 atom stereocenters. The number of aromatic hydroxyl groups is 1. The largest absolute Gasteiger partial charge is 0.505 e. The number of hydrogen-bond donors (Lipinski definition) is 3. The molecule has 9 heteroatoms. The first kappa shape index (κ1) is 18.0. The minimum Gasteiger partial charge on any atom is -0.505 e. The normalized spacial score (nSPS) is 10.4. The average Bonchev–Trinajstić information content (AvgIpc) is 2.57. The summed E-state index contributed by atoms with van der Waals surface area (Å²) in [4.78, 5) is 48.1. The Kier molecular flexibility index (Phi) is 4.77. The lowest BCUT2D eigenvalue weighted by Gasteiger charge is -2.21. The Morgan fingerprint density at radius 3 is 2.20 bits per heavy atom. The van der Waals surface area contributed by atoms with E-state index in [0.29, 0.717) is 0 Å². The second-order valence-electron chi connectivity index (χ2n) is 5.62. The van der Waals surface area contributed by atoms with Gasteiger partial charge < -0.3 is 15.3 Å². The van der Waals surface area contributed by atoms with E-state index in [1.165, 1.54) is 51.2 Å². The van der Waals surface area contributed by atoms with Gasteiger partial charge in [-0.25, -0.2) is 0 Å². The van der Waals surface area contributed by atoms with Crippen LogP contribution in [0.2, 0.25) is 0 Å². The molecule has 0 saturated carbocycles. The maximum Gasteiger partial charge on any atom is 0.257 e. The number of phenolic OH excluding ortho intramolecular Hbond substituents is 1. The van der Waals surface area contributed by atoms with Crippen LogP contribution in [0.3, 0.4) is 0 Å². The highest BCUT2D eigenvalue weighted by Gasteiger charge is 2.24. The molecule has 0 bridgehead atoms. The second kappa shape index (κ2) is 6.63. The van der Waals surface area contributed by atoms with Crippen LogP contribution in [0, 0.1) is 0 Å². The zero-order valence-corrected chi connectivity index (χ0v) is 14.2. The van der Waals surface area contributed by atoms with E-state index in [0.717, 1.165) is 5.01 Å². The number of hydrazine groups is 1. The first-order chi connectivity index (χ1) is 11.6. The number of anilines is 3. The molecule has 9 nitrogen and oxygen atoms in total. The fourth-order valence-corrected chi connectivity index (χ4v) is 2.06. The van der Waals surface area contributed by atoms with Crippen LogP contribution in [-0.2, 0) is 4.79 Å². The molecular weight excluding hydrogens is 328 g/mol. The van der Waals surface area contributed by atoms with E-state index in [1.807, 2.05) is 0 Å². The Hall–Kier alpha value is -3.36. The summed E-state index contributed by atoms with van der Waals surface area (Å²) in [6.45, 7) is 1.29. The predicted molar refractivity (Wildman–Crippen MR) is 92.8 cm³/mol. The summed E-state index contributed by atoms with van der Waals surface area (Å²) in [5.74, 6) is -1.12. The number of carbonyl (C=O) groups excluding carboxylic acids is 2. The zero-order chi connectivity index (χ0) is 18.9. The lowest BCUT2D eigenvalue weighted by atomic mass is 10.1. The van der Waals surface area contributed by atoms with Crippen LogP contribution < -0.4 is 21.6 Å². The number of para-hydroxylation sites is 1. The van der Waals surface area contributed by atoms with Crippen LogP contribution in [0.5, 0.6) is 5.75 Å². The molecule has 0 fully saturated rings. The molecular formula is C16H18N4O5. The van der Waals surface area contributed by atoms with Gasteiger partial charge in [0.2, 0.25) is 5.91 Å². The monoisotopic (exact) mass is 346 g/mol. The van der Waals surface area contributed by atoms with Gasteiger partial charge in [0.1, 0.15) is 11.4 Å². The first-order valence-corrected chi connectivity index (χ1v) is 7.30. The first-order valence-electron chi connectivity index (χ1n) is 7.30. The topological polar surface area (TPSA) is 119 Å². The number of nitrogens with one attached hydrogen (secondary N) is 2. The Morgan fingerprint density at radius 2 is 1.64 bits per heavy atom. The van der Waals surface area contributed by atoms with E-state index in [1.54, 1.807) is 0 Å². The molecule has 0 spiro atoms. The van der Waals surface area contributed by atoms with Gasteiger partial charge in [-0.15, -0.1) is 0 Å². The summed E-state index contributed by atoms with van der Waals surface area (Å²) in [5, 5.41) is 14.0. The van der Waals surface area contributed by atoms with E-state index < -0.39 is 16.8 Å². The molecule has 0 heterocycles. The average molecular weight is 346 g/mol. The van der Waals surface area contributed by atoms with E-state index >= 15 is 0 Å². The van der Waals surface area contributed by atoms with Gasteiger partial charge in [0.15, 0.2) is 5.75 Å². The van der Waals surface area contributed by atoms with Crippen molar-refractivity contribution in [1.29, 1.82) is 0 Å². The van der Waals surface area contributed by atoms with Crippen molar-refractivity contribution in [1.82, 2.24) is 9.91 Å². The third kappa shape index (κ3) is 3.30. The number of carbonyl (C=O) groups is 2. The van der Waals surface area contributed by atoms with Crippen molar-refractivity contribution in [3.8, 4) is 5.75 Å². The Bertz CT molecular complexity index is 912. The number of hydrogen-bond acceptors (Lipinski definition) is 7. The Morgan fingerprint density at radius 1 is 1.04 bits per heavy atom. The molecule has 0 aliphatic rings. The number of benzene rings is 1. The number of phenols is 1. The maximum absolute atomic E-state index is 12.0. The summed E-state index contributed by atoms with van der Waals surface area (Å²) >= 11 is 0. The molecule has 2 amide bonds. The molecule has 0 aromatic heterocycles. The van der Waals surface area contributed by atoms with Gasteiger partial charge in [-0.3, -0.25) is 29.6 Å². The summed E-state index contributed by atoms with van der Waals surface area (Å²) < 4.78 is 0. The molecule has 0 saturated heterocycles. The standard InChI is InChI=1S/C16H18N4O5/c1-8(21)20(4)18-12-11(14(23)15(12)24)17-10-7-5-6-9(13(10)22)16(25)19(2)3/h5-7,17-18,22H,1-4H3. The summed E-state index contributed by atoms with van der Waals surface area (Å²) in [7, 11) is 4.48. The van der Waals surface area contributed by atoms with E-state index in [-0.39, 0.29) is 34.3 Å². The quantitative estimate of drug-likeness (QED) is 0.403. The zero-order valence-electron chi connectivity index (χ0n) is 14.2. The van der Waals surface area contributed by atoms with Crippen LogP contribution in [0.25, 0.3) is 0 Å². The molecule has 3 N–H and O–H groups in total. The fraction of sp³-hybridized carbons (Fsp3) is 0.250. The molecule has 2 rings (SSSR count). The minimum absolute atomic E-state index is 0.0454. The molecule has 2 aromatic rings. The van der Waals surface area contributed by atoms with E-state index in [9.17, 15) is 24.3 Å². The molecule has 0 aliphatic heterocycles. The molecule has 0 aliphatic carbocycles. The number of nitrogens with zero attached hydrogens (tertiary/aromatic N) is 2. The lowest BCUT2D eigenvalue weighted by molar-refractivity contribution is -0.126. The van der Waals surface area contributed by atoms with Crippen molar-refractivity contribution < 1.29 is 14.7 Å². The van der Waals surface area contributed by atoms with Crippen molar-refractivity contribution in [3.63, 3.8) is 0 Å². The minimum atomic E-state index is -0.789. The highest BCUT2D eigenvalue weighted by Crippen LogP contribution is 2.31. The Balaban J connectivity index is 2.36. The van der Waals surface area contributed by atoms with E-state index in [4.69, 9.17) is 0 Å². The van der Waals surface area contributed by atoms with Crippen molar-refractivity contribution in [3.05, 3.63) is 44.2 Å². The fourth-order valence-electron chi connectivity index (χ4n) is 2.06. The van der Waals surface area contributed by atoms with Gasteiger partial charge in [0.05, 0.1) is 11.3 Å². The van der Waals surface area contributed by atoms with Crippen LogP contribution in [0.1, 0.15) is 17.3 Å². The van der Waals surface area contributed by atoms with Crippen LogP contribution in [-0.4, -0.2) is 48.0 Å². The highest BCUT2D eigenvalue weighted by molar-refractivity contribution is 5.99. The number of rotatable bonds is 5. The maximum atomic E-state index is 12.0. The van der Waals surface area contributed by atoms with Gasteiger partial charge in [-0.05, 0) is 12.1 Å². The van der Waals surface area contributed by atoms with Crippen molar-refractivity contribution in [2.24, 2.45) is 0 Å². The summed E-state index contributed by atoms with van der Waals surface area (Å²) in [6, 6.07) is 4.42. The van der Waals surface area contributed by atoms with Gasteiger partial charge in [0.25, 0.3) is 16.8 Å². The van der Waals surface area contributed by atoms with Crippen LogP contribution in [0.4, 0.5) is 17.1 Å². The molecule has 0 unspecified atom stereocenters. The van der Waals surface area contributed by atoms with E-state index in [2.05, 4.69) is 10.7 Å². The van der Waals surface area contributed by atoms with Gasteiger partial charge in [-0.2, -0.15) is 0 Å². The van der Waals surface area contributed by atoms with Crippen LogP contribution >= 0.6 is 0 Å². The highest BCUT2D eigenvalue weighted by atomic mass is 16.3.